The number of nitrogens with one attached hydrogen (secondary N) is 1. The first kappa shape index (κ1) is 11.1. The van der Waals surface area contributed by atoms with Crippen molar-refractivity contribution in [2.75, 3.05) is 0 Å². The van der Waals surface area contributed by atoms with Crippen LogP contribution in [0.2, 0.25) is 0 Å². The average Bonchev–Trinajstić information content (AvgIpc) is 2.61. The Morgan fingerprint density at radius 3 is 2.67 bits per heavy atom. The van der Waals surface area contributed by atoms with Gasteiger partial charge in [-0.15, -0.1) is 11.3 Å². The Hall–Kier alpha value is -0.380. The molecule has 2 nitrogen and oxygen atoms in total. The largest absolute Gasteiger partial charge is 0.271 e. The number of hydrogen-bond acceptors (Lipinski definition) is 3. The van der Waals surface area contributed by atoms with Crippen LogP contribution in [0.1, 0.15) is 48.0 Å². The second kappa shape index (κ2) is 4.64. The van der Waals surface area contributed by atoms with Crippen molar-refractivity contribution >= 4 is 11.3 Å². The minimum Gasteiger partial charge on any atom is -0.271 e. The van der Waals surface area contributed by atoms with Gasteiger partial charge in [-0.05, 0) is 43.2 Å². The second-order valence-electron chi connectivity index (χ2n) is 4.69. The zero-order valence-corrected chi connectivity index (χ0v) is 10.4. The highest BCUT2D eigenvalue weighted by molar-refractivity contribution is 7.12. The van der Waals surface area contributed by atoms with E-state index in [0.717, 1.165) is 0 Å². The van der Waals surface area contributed by atoms with Gasteiger partial charge in [0.15, 0.2) is 0 Å². The monoisotopic (exact) mass is 224 g/mol. The van der Waals surface area contributed by atoms with Gasteiger partial charge in [-0.1, -0.05) is 13.8 Å². The van der Waals surface area contributed by atoms with Crippen molar-refractivity contribution in [2.24, 2.45) is 11.8 Å². The maximum atomic E-state index is 5.62. The van der Waals surface area contributed by atoms with Crippen LogP contribution in [0.4, 0.5) is 0 Å². The summed E-state index contributed by atoms with van der Waals surface area (Å²) in [7, 11) is 0. The van der Waals surface area contributed by atoms with Crippen LogP contribution in [0, 0.1) is 5.92 Å². The normalized spacial score (nSPS) is 17.9. The second-order valence-corrected chi connectivity index (χ2v) is 5.86. The van der Waals surface area contributed by atoms with Crippen LogP contribution in [-0.2, 0) is 12.8 Å². The van der Waals surface area contributed by atoms with Gasteiger partial charge in [0.1, 0.15) is 0 Å². The van der Waals surface area contributed by atoms with E-state index in [9.17, 15) is 0 Å². The third-order valence-corrected chi connectivity index (χ3v) is 4.49. The summed E-state index contributed by atoms with van der Waals surface area (Å²) in [6.45, 7) is 4.42. The summed E-state index contributed by atoms with van der Waals surface area (Å²) in [5.74, 6) is 6.17. The molecule has 84 valence electrons. The van der Waals surface area contributed by atoms with Gasteiger partial charge in [0, 0.05) is 9.75 Å². The van der Waals surface area contributed by atoms with E-state index in [1.807, 2.05) is 11.3 Å². The number of aryl methyl sites for hydroxylation is 2. The van der Waals surface area contributed by atoms with Crippen molar-refractivity contribution in [3.8, 4) is 0 Å². The van der Waals surface area contributed by atoms with Crippen LogP contribution < -0.4 is 11.3 Å². The molecular formula is C12H20N2S. The first-order valence-electron chi connectivity index (χ1n) is 5.80. The highest BCUT2D eigenvalue weighted by atomic mass is 32.1. The molecular weight excluding hydrogens is 204 g/mol. The van der Waals surface area contributed by atoms with Crippen molar-refractivity contribution in [1.29, 1.82) is 0 Å². The number of hydrogen-bond donors (Lipinski definition) is 2. The summed E-state index contributed by atoms with van der Waals surface area (Å²) in [5, 5.41) is 0. The van der Waals surface area contributed by atoms with Gasteiger partial charge in [0.25, 0.3) is 0 Å². The quantitative estimate of drug-likeness (QED) is 0.612. The number of rotatable bonds is 3. The molecule has 0 bridgehead atoms. The zero-order valence-electron chi connectivity index (χ0n) is 9.55. The van der Waals surface area contributed by atoms with Gasteiger partial charge in [0.2, 0.25) is 0 Å². The molecule has 3 N–H and O–H groups in total. The van der Waals surface area contributed by atoms with Crippen molar-refractivity contribution in [2.45, 2.75) is 45.6 Å². The SMILES string of the molecule is CC(C)C(NN)c1cc2c(s1)CCCC2. The smallest absolute Gasteiger partial charge is 0.0576 e. The molecule has 0 spiro atoms. The number of nitrogens with two attached hydrogens (primary N) is 1. The molecule has 0 radical (unpaired) electrons. The Bertz CT molecular complexity index is 307. The molecule has 1 aliphatic carbocycles. The minimum atomic E-state index is 0.320. The maximum absolute atomic E-state index is 5.62. The summed E-state index contributed by atoms with van der Waals surface area (Å²) in [4.78, 5) is 3.01. The first-order valence-corrected chi connectivity index (χ1v) is 6.61. The first-order chi connectivity index (χ1) is 7.22. The molecule has 15 heavy (non-hydrogen) atoms. The molecule has 2 rings (SSSR count). The highest BCUT2D eigenvalue weighted by Gasteiger charge is 2.20. The molecule has 0 saturated heterocycles. The maximum Gasteiger partial charge on any atom is 0.0576 e. The predicted octanol–water partition coefficient (Wildman–Crippen LogP) is 2.79. The summed E-state index contributed by atoms with van der Waals surface area (Å²) in [6.07, 6.45) is 5.25. The molecule has 0 aromatic carbocycles. The molecule has 1 unspecified atom stereocenters. The highest BCUT2D eigenvalue weighted by Crippen LogP contribution is 2.34. The van der Waals surface area contributed by atoms with Crippen LogP contribution in [0.3, 0.4) is 0 Å². The fourth-order valence-electron chi connectivity index (χ4n) is 2.27. The average molecular weight is 224 g/mol. The standard InChI is InChI=1S/C12H20N2S/c1-8(2)12(14-13)11-7-9-5-3-4-6-10(9)15-11/h7-8,12,14H,3-6,13H2,1-2H3. The third kappa shape index (κ3) is 2.25. The lowest BCUT2D eigenvalue weighted by atomic mass is 9.97. The fraction of sp³-hybridized carbons (Fsp3) is 0.667. The predicted molar refractivity (Wildman–Crippen MR) is 65.9 cm³/mol. The topological polar surface area (TPSA) is 38.0 Å². The number of fused-ring (bicyclic) bond motifs is 1. The molecule has 1 aromatic rings. The minimum absolute atomic E-state index is 0.320. The number of thiophene rings is 1. The molecule has 1 atom stereocenters. The molecule has 0 amide bonds. The molecule has 1 heterocycles. The zero-order chi connectivity index (χ0) is 10.8. The van der Waals surface area contributed by atoms with Crippen molar-refractivity contribution in [3.05, 3.63) is 21.4 Å². The van der Waals surface area contributed by atoms with Gasteiger partial charge in [-0.3, -0.25) is 11.3 Å². The van der Waals surface area contributed by atoms with E-state index in [1.165, 1.54) is 30.6 Å². The van der Waals surface area contributed by atoms with Gasteiger partial charge < -0.3 is 0 Å². The van der Waals surface area contributed by atoms with Gasteiger partial charge >= 0.3 is 0 Å². The van der Waals surface area contributed by atoms with E-state index in [-0.39, 0.29) is 0 Å². The number of hydrazine groups is 1. The Balaban J connectivity index is 2.24. The fourth-order valence-corrected chi connectivity index (χ4v) is 3.76. The Labute approximate surface area is 95.8 Å². The molecule has 1 aliphatic rings. The third-order valence-electron chi connectivity index (χ3n) is 3.17. The van der Waals surface area contributed by atoms with E-state index >= 15 is 0 Å². The molecule has 0 aliphatic heterocycles. The molecule has 1 aromatic heterocycles. The van der Waals surface area contributed by atoms with Crippen LogP contribution in [-0.4, -0.2) is 0 Å². The van der Waals surface area contributed by atoms with Gasteiger partial charge in [0.05, 0.1) is 6.04 Å². The summed E-state index contributed by atoms with van der Waals surface area (Å²) in [6, 6.07) is 2.68. The lowest BCUT2D eigenvalue weighted by Gasteiger charge is -2.17. The molecule has 0 fully saturated rings. The molecule has 0 saturated carbocycles. The van der Waals surface area contributed by atoms with E-state index in [1.54, 1.807) is 10.4 Å². The van der Waals surface area contributed by atoms with Crippen LogP contribution in [0.15, 0.2) is 6.07 Å². The van der Waals surface area contributed by atoms with Crippen molar-refractivity contribution in [3.63, 3.8) is 0 Å². The van der Waals surface area contributed by atoms with E-state index in [2.05, 4.69) is 25.3 Å². The van der Waals surface area contributed by atoms with Crippen LogP contribution in [0.25, 0.3) is 0 Å². The summed E-state index contributed by atoms with van der Waals surface area (Å²) >= 11 is 1.95. The van der Waals surface area contributed by atoms with E-state index < -0.39 is 0 Å². The van der Waals surface area contributed by atoms with Gasteiger partial charge in [-0.2, -0.15) is 0 Å². The summed E-state index contributed by atoms with van der Waals surface area (Å²) in [5.41, 5.74) is 4.51. The van der Waals surface area contributed by atoms with E-state index in [4.69, 9.17) is 5.84 Å². The molecule has 3 heteroatoms. The lowest BCUT2D eigenvalue weighted by Crippen LogP contribution is -2.30. The summed E-state index contributed by atoms with van der Waals surface area (Å²) < 4.78 is 0. The Kier molecular flexibility index (Phi) is 3.44. The Morgan fingerprint density at radius 2 is 2.07 bits per heavy atom. The van der Waals surface area contributed by atoms with Gasteiger partial charge in [-0.25, -0.2) is 0 Å². The van der Waals surface area contributed by atoms with Crippen LogP contribution >= 0.6 is 11.3 Å². The lowest BCUT2D eigenvalue weighted by molar-refractivity contribution is 0.427. The Morgan fingerprint density at radius 1 is 1.33 bits per heavy atom. The van der Waals surface area contributed by atoms with Crippen molar-refractivity contribution < 1.29 is 0 Å². The van der Waals surface area contributed by atoms with E-state index in [0.29, 0.717) is 12.0 Å². The van der Waals surface area contributed by atoms with Crippen molar-refractivity contribution in [1.82, 2.24) is 5.43 Å². The van der Waals surface area contributed by atoms with Crippen LogP contribution in [0.5, 0.6) is 0 Å².